The maximum absolute atomic E-state index is 12.1. The van der Waals surface area contributed by atoms with Crippen LogP contribution in [0.1, 0.15) is 17.5 Å². The minimum absolute atomic E-state index is 0.143. The molecule has 0 aliphatic carbocycles. The molecule has 1 aromatic carbocycles. The molecule has 0 spiro atoms. The maximum Gasteiger partial charge on any atom is 0.264 e. The lowest BCUT2D eigenvalue weighted by atomic mass is 10.0. The standard InChI is InChI=1S/C16H18N4O2/c1-20-11-13(10-18-20)9-17-16(21)15-8-14(19-22-15)7-12-5-3-2-4-6-12/h2-6,10-11,15H,7-9H2,1H3,(H,17,21)/t15-/m0/s1. The molecule has 0 bridgehead atoms. The van der Waals surface area contributed by atoms with Crippen molar-refractivity contribution in [3.05, 3.63) is 53.9 Å². The van der Waals surface area contributed by atoms with Crippen LogP contribution in [-0.2, 0) is 29.6 Å². The lowest BCUT2D eigenvalue weighted by Gasteiger charge is -2.08. The quantitative estimate of drug-likeness (QED) is 0.908. The average Bonchev–Trinajstić information content (AvgIpc) is 3.15. The highest BCUT2D eigenvalue weighted by molar-refractivity contribution is 5.93. The van der Waals surface area contributed by atoms with Crippen LogP contribution < -0.4 is 5.32 Å². The predicted molar refractivity (Wildman–Crippen MR) is 82.1 cm³/mol. The highest BCUT2D eigenvalue weighted by atomic mass is 16.6. The molecule has 0 saturated carbocycles. The number of carbonyl (C=O) groups is 1. The van der Waals surface area contributed by atoms with Gasteiger partial charge < -0.3 is 10.2 Å². The Labute approximate surface area is 128 Å². The molecule has 6 nitrogen and oxygen atoms in total. The molecule has 0 fully saturated rings. The topological polar surface area (TPSA) is 68.5 Å². The molecule has 2 aromatic rings. The number of aromatic nitrogens is 2. The Morgan fingerprint density at radius 3 is 2.91 bits per heavy atom. The zero-order valence-corrected chi connectivity index (χ0v) is 12.4. The molecule has 1 N–H and O–H groups in total. The largest absolute Gasteiger partial charge is 0.382 e. The molecule has 6 heteroatoms. The summed E-state index contributed by atoms with van der Waals surface area (Å²) in [5, 5.41) is 10.9. The molecule has 0 unspecified atom stereocenters. The third-order valence-corrected chi connectivity index (χ3v) is 3.50. The van der Waals surface area contributed by atoms with E-state index in [-0.39, 0.29) is 5.91 Å². The molecular formula is C16H18N4O2. The third kappa shape index (κ3) is 3.52. The summed E-state index contributed by atoms with van der Waals surface area (Å²) in [7, 11) is 1.84. The van der Waals surface area contributed by atoms with Crippen LogP contribution in [0.4, 0.5) is 0 Å². The van der Waals surface area contributed by atoms with Crippen molar-refractivity contribution in [2.75, 3.05) is 0 Å². The van der Waals surface area contributed by atoms with Gasteiger partial charge in [-0.05, 0) is 5.56 Å². The molecule has 1 aromatic heterocycles. The van der Waals surface area contributed by atoms with Gasteiger partial charge in [-0.2, -0.15) is 5.10 Å². The van der Waals surface area contributed by atoms with E-state index in [4.69, 9.17) is 4.84 Å². The molecule has 22 heavy (non-hydrogen) atoms. The first kappa shape index (κ1) is 14.3. The van der Waals surface area contributed by atoms with Crippen molar-refractivity contribution in [3.8, 4) is 0 Å². The van der Waals surface area contributed by atoms with E-state index in [9.17, 15) is 4.79 Å². The first-order valence-electron chi connectivity index (χ1n) is 7.21. The van der Waals surface area contributed by atoms with E-state index in [0.29, 0.717) is 19.4 Å². The minimum Gasteiger partial charge on any atom is -0.382 e. The van der Waals surface area contributed by atoms with Gasteiger partial charge in [-0.25, -0.2) is 0 Å². The smallest absolute Gasteiger partial charge is 0.264 e. The summed E-state index contributed by atoms with van der Waals surface area (Å²) in [6.45, 7) is 0.445. The van der Waals surface area contributed by atoms with E-state index in [2.05, 4.69) is 15.6 Å². The van der Waals surface area contributed by atoms with Gasteiger partial charge in [-0.15, -0.1) is 0 Å². The maximum atomic E-state index is 12.1. The molecule has 1 atom stereocenters. The fourth-order valence-corrected chi connectivity index (χ4v) is 2.37. The van der Waals surface area contributed by atoms with Gasteiger partial charge in [0.15, 0.2) is 0 Å². The Hall–Kier alpha value is -2.63. The summed E-state index contributed by atoms with van der Waals surface area (Å²) in [5.74, 6) is -0.143. The zero-order valence-electron chi connectivity index (χ0n) is 12.4. The highest BCUT2D eigenvalue weighted by Crippen LogP contribution is 2.14. The second-order valence-corrected chi connectivity index (χ2v) is 5.36. The number of amides is 1. The SMILES string of the molecule is Cn1cc(CNC(=O)[C@@H]2CC(Cc3ccccc3)=NO2)cn1. The summed E-state index contributed by atoms with van der Waals surface area (Å²) in [6.07, 6.45) is 4.32. The highest BCUT2D eigenvalue weighted by Gasteiger charge is 2.27. The Balaban J connectivity index is 1.47. The summed E-state index contributed by atoms with van der Waals surface area (Å²) < 4.78 is 1.70. The third-order valence-electron chi connectivity index (χ3n) is 3.50. The van der Waals surface area contributed by atoms with E-state index in [1.165, 1.54) is 5.56 Å². The fourth-order valence-electron chi connectivity index (χ4n) is 2.37. The summed E-state index contributed by atoms with van der Waals surface area (Å²) in [6, 6.07) is 10.0. The van der Waals surface area contributed by atoms with Gasteiger partial charge in [0.05, 0.1) is 11.9 Å². The van der Waals surface area contributed by atoms with Crippen molar-refractivity contribution in [2.24, 2.45) is 12.2 Å². The van der Waals surface area contributed by atoms with E-state index in [1.54, 1.807) is 10.9 Å². The van der Waals surface area contributed by atoms with Gasteiger partial charge in [-0.1, -0.05) is 35.5 Å². The number of carbonyl (C=O) groups excluding carboxylic acids is 1. The molecule has 0 saturated heterocycles. The van der Waals surface area contributed by atoms with Crippen LogP contribution in [-0.4, -0.2) is 27.5 Å². The van der Waals surface area contributed by atoms with Gasteiger partial charge in [0.25, 0.3) is 5.91 Å². The Morgan fingerprint density at radius 1 is 1.36 bits per heavy atom. The normalized spacial score (nSPS) is 17.0. The van der Waals surface area contributed by atoms with E-state index >= 15 is 0 Å². The van der Waals surface area contributed by atoms with Gasteiger partial charge in [-0.3, -0.25) is 9.48 Å². The van der Waals surface area contributed by atoms with Crippen LogP contribution in [0.3, 0.4) is 0 Å². The monoisotopic (exact) mass is 298 g/mol. The summed E-state index contributed by atoms with van der Waals surface area (Å²) in [4.78, 5) is 17.3. The lowest BCUT2D eigenvalue weighted by Crippen LogP contribution is -2.34. The van der Waals surface area contributed by atoms with Crippen molar-refractivity contribution in [1.82, 2.24) is 15.1 Å². The predicted octanol–water partition coefficient (Wildman–Crippen LogP) is 1.42. The number of oxime groups is 1. The lowest BCUT2D eigenvalue weighted by molar-refractivity contribution is -0.131. The molecule has 3 rings (SSSR count). The van der Waals surface area contributed by atoms with Crippen molar-refractivity contribution >= 4 is 11.6 Å². The molecule has 1 aliphatic rings. The number of aryl methyl sites for hydroxylation is 1. The molecular weight excluding hydrogens is 280 g/mol. The van der Waals surface area contributed by atoms with E-state index in [1.807, 2.05) is 43.6 Å². The average molecular weight is 298 g/mol. The van der Waals surface area contributed by atoms with Crippen LogP contribution in [0, 0.1) is 0 Å². The Bertz CT molecular complexity index is 678. The first-order chi connectivity index (χ1) is 10.7. The number of hydrogen-bond donors (Lipinski definition) is 1. The van der Waals surface area contributed by atoms with Crippen LogP contribution in [0.15, 0.2) is 47.9 Å². The summed E-state index contributed by atoms with van der Waals surface area (Å²) in [5.41, 5.74) is 3.02. The first-order valence-corrected chi connectivity index (χ1v) is 7.21. The van der Waals surface area contributed by atoms with Crippen molar-refractivity contribution in [2.45, 2.75) is 25.5 Å². The number of benzene rings is 1. The van der Waals surface area contributed by atoms with E-state index in [0.717, 1.165) is 11.3 Å². The van der Waals surface area contributed by atoms with Gasteiger partial charge in [0, 0.05) is 38.2 Å². The number of nitrogens with one attached hydrogen (secondary N) is 1. The Morgan fingerprint density at radius 2 is 2.18 bits per heavy atom. The Kier molecular flexibility index (Phi) is 4.18. The summed E-state index contributed by atoms with van der Waals surface area (Å²) >= 11 is 0. The number of nitrogens with zero attached hydrogens (tertiary/aromatic N) is 3. The molecule has 1 aliphatic heterocycles. The van der Waals surface area contributed by atoms with Crippen molar-refractivity contribution < 1.29 is 9.63 Å². The fraction of sp³-hybridized carbons (Fsp3) is 0.312. The van der Waals surface area contributed by atoms with Crippen LogP contribution in [0.5, 0.6) is 0 Å². The van der Waals surface area contributed by atoms with Crippen molar-refractivity contribution in [3.63, 3.8) is 0 Å². The van der Waals surface area contributed by atoms with Gasteiger partial charge in [0.1, 0.15) is 0 Å². The number of hydrogen-bond acceptors (Lipinski definition) is 4. The molecule has 0 radical (unpaired) electrons. The van der Waals surface area contributed by atoms with Crippen LogP contribution in [0.2, 0.25) is 0 Å². The second kappa shape index (κ2) is 6.43. The number of rotatable bonds is 5. The molecule has 2 heterocycles. The minimum atomic E-state index is -0.532. The second-order valence-electron chi connectivity index (χ2n) is 5.36. The van der Waals surface area contributed by atoms with Crippen LogP contribution >= 0.6 is 0 Å². The van der Waals surface area contributed by atoms with Gasteiger partial charge in [0.2, 0.25) is 6.10 Å². The molecule has 114 valence electrons. The zero-order chi connectivity index (χ0) is 15.4. The van der Waals surface area contributed by atoms with Crippen LogP contribution in [0.25, 0.3) is 0 Å². The molecule has 1 amide bonds. The van der Waals surface area contributed by atoms with E-state index < -0.39 is 6.10 Å². The van der Waals surface area contributed by atoms with Crippen molar-refractivity contribution in [1.29, 1.82) is 0 Å². The van der Waals surface area contributed by atoms with Gasteiger partial charge >= 0.3 is 0 Å².